The lowest BCUT2D eigenvalue weighted by Crippen LogP contribution is -2.30. The van der Waals surface area contributed by atoms with E-state index in [1.807, 2.05) is 0 Å². The van der Waals surface area contributed by atoms with Crippen LogP contribution >= 0.6 is 0 Å². The molecule has 1 aromatic carbocycles. The fourth-order valence-electron chi connectivity index (χ4n) is 2.15. The zero-order valence-corrected chi connectivity index (χ0v) is 11.1. The summed E-state index contributed by atoms with van der Waals surface area (Å²) in [5.74, 6) is -1.95. The Bertz CT molecular complexity index is 475. The normalized spacial score (nSPS) is 16.0. The minimum Gasteiger partial charge on any atom is -0.383 e. The fourth-order valence-corrected chi connectivity index (χ4v) is 2.15. The highest BCUT2D eigenvalue weighted by molar-refractivity contribution is 5.94. The van der Waals surface area contributed by atoms with Gasteiger partial charge in [0, 0.05) is 19.2 Å². The van der Waals surface area contributed by atoms with Gasteiger partial charge in [-0.25, -0.2) is 8.78 Å². The average Bonchev–Trinajstić information content (AvgIpc) is 3.16. The zero-order chi connectivity index (χ0) is 14.0. The van der Waals surface area contributed by atoms with Gasteiger partial charge >= 0.3 is 0 Å². The molecule has 1 fully saturated rings. The van der Waals surface area contributed by atoms with Crippen LogP contribution in [0.3, 0.4) is 0 Å². The number of carbonyl (C=O) groups excluding carboxylic acids is 1. The van der Waals surface area contributed by atoms with Crippen molar-refractivity contribution >= 4 is 11.6 Å². The molecule has 1 amide bonds. The van der Waals surface area contributed by atoms with Crippen LogP contribution in [0.4, 0.5) is 14.5 Å². The second-order valence-corrected chi connectivity index (χ2v) is 5.10. The van der Waals surface area contributed by atoms with Crippen LogP contribution < -0.4 is 10.6 Å². The van der Waals surface area contributed by atoms with E-state index in [9.17, 15) is 13.6 Å². The molecule has 0 aliphatic heterocycles. The van der Waals surface area contributed by atoms with E-state index < -0.39 is 17.5 Å². The Kier molecular flexibility index (Phi) is 3.73. The molecule has 0 saturated heterocycles. The topological polar surface area (TPSA) is 41.1 Å². The first kappa shape index (κ1) is 13.8. The molecule has 0 unspecified atom stereocenters. The Morgan fingerprint density at radius 2 is 1.89 bits per heavy atom. The first-order valence-corrected chi connectivity index (χ1v) is 6.46. The number of halogens is 2. The lowest BCUT2D eigenvalue weighted by molar-refractivity contribution is 0.0943. The number of hydrogen-bond donors (Lipinski definition) is 2. The first-order chi connectivity index (χ1) is 9.01. The highest BCUT2D eigenvalue weighted by atomic mass is 19.1. The SMILES string of the molecule is CCC1(CNC(=O)c2cc(F)c(NC)c(F)c2)CC1. The minimum absolute atomic E-state index is 0.0147. The molecule has 104 valence electrons. The summed E-state index contributed by atoms with van der Waals surface area (Å²) in [6, 6.07) is 2.10. The molecule has 2 rings (SSSR count). The molecular formula is C14H18F2N2O. The van der Waals surface area contributed by atoms with Crippen LogP contribution in [0.1, 0.15) is 36.5 Å². The molecule has 1 aliphatic rings. The summed E-state index contributed by atoms with van der Waals surface area (Å²) in [4.78, 5) is 11.9. The van der Waals surface area contributed by atoms with Crippen molar-refractivity contribution in [1.29, 1.82) is 0 Å². The van der Waals surface area contributed by atoms with Crippen LogP contribution in [0.2, 0.25) is 0 Å². The molecule has 0 spiro atoms. The summed E-state index contributed by atoms with van der Waals surface area (Å²) in [7, 11) is 1.43. The van der Waals surface area contributed by atoms with Gasteiger partial charge in [0.15, 0.2) is 0 Å². The number of anilines is 1. The second-order valence-electron chi connectivity index (χ2n) is 5.10. The number of rotatable bonds is 5. The highest BCUT2D eigenvalue weighted by Gasteiger charge is 2.40. The molecule has 0 aromatic heterocycles. The monoisotopic (exact) mass is 268 g/mol. The smallest absolute Gasteiger partial charge is 0.251 e. The number of amides is 1. The molecule has 3 nitrogen and oxygen atoms in total. The number of nitrogens with one attached hydrogen (secondary N) is 2. The summed E-state index contributed by atoms with van der Waals surface area (Å²) in [5.41, 5.74) is 0.00201. The predicted molar refractivity (Wildman–Crippen MR) is 70.2 cm³/mol. The van der Waals surface area contributed by atoms with Gasteiger partial charge in [-0.2, -0.15) is 0 Å². The maximum Gasteiger partial charge on any atom is 0.251 e. The highest BCUT2D eigenvalue weighted by Crippen LogP contribution is 2.47. The molecule has 1 aromatic rings. The van der Waals surface area contributed by atoms with Crippen molar-refractivity contribution in [1.82, 2.24) is 5.32 Å². The lowest BCUT2D eigenvalue weighted by Gasteiger charge is -2.14. The van der Waals surface area contributed by atoms with Gasteiger partial charge in [0.25, 0.3) is 5.91 Å². The van der Waals surface area contributed by atoms with Crippen molar-refractivity contribution in [2.45, 2.75) is 26.2 Å². The molecule has 0 heterocycles. The van der Waals surface area contributed by atoms with Gasteiger partial charge in [-0.05, 0) is 36.8 Å². The van der Waals surface area contributed by atoms with E-state index in [4.69, 9.17) is 0 Å². The predicted octanol–water partition coefficient (Wildman–Crippen LogP) is 2.93. The van der Waals surface area contributed by atoms with E-state index in [1.54, 1.807) is 0 Å². The van der Waals surface area contributed by atoms with E-state index in [-0.39, 0.29) is 16.7 Å². The van der Waals surface area contributed by atoms with Crippen molar-refractivity contribution in [3.63, 3.8) is 0 Å². The van der Waals surface area contributed by atoms with Crippen LogP contribution in [0, 0.1) is 17.0 Å². The van der Waals surface area contributed by atoms with Gasteiger partial charge in [0.2, 0.25) is 0 Å². The summed E-state index contributed by atoms with van der Waals surface area (Å²) >= 11 is 0. The van der Waals surface area contributed by atoms with Crippen LogP contribution in [-0.2, 0) is 0 Å². The van der Waals surface area contributed by atoms with E-state index >= 15 is 0 Å². The Morgan fingerprint density at radius 1 is 1.32 bits per heavy atom. The minimum atomic E-state index is -0.760. The molecule has 19 heavy (non-hydrogen) atoms. The van der Waals surface area contributed by atoms with Gasteiger partial charge in [0.1, 0.15) is 17.3 Å². The van der Waals surface area contributed by atoms with Gasteiger partial charge in [-0.1, -0.05) is 6.92 Å². The molecule has 0 atom stereocenters. The number of hydrogen-bond acceptors (Lipinski definition) is 2. The van der Waals surface area contributed by atoms with Gasteiger partial charge in [-0.15, -0.1) is 0 Å². The second kappa shape index (κ2) is 5.15. The van der Waals surface area contributed by atoms with E-state index in [2.05, 4.69) is 17.6 Å². The van der Waals surface area contributed by atoms with E-state index in [0.29, 0.717) is 6.54 Å². The fraction of sp³-hybridized carbons (Fsp3) is 0.500. The molecular weight excluding hydrogens is 250 g/mol. The largest absolute Gasteiger partial charge is 0.383 e. The van der Waals surface area contributed by atoms with Crippen molar-refractivity contribution in [2.75, 3.05) is 18.9 Å². The van der Waals surface area contributed by atoms with Gasteiger partial charge in [-0.3, -0.25) is 4.79 Å². The Morgan fingerprint density at radius 3 is 2.32 bits per heavy atom. The molecule has 0 radical (unpaired) electrons. The molecule has 0 bridgehead atoms. The van der Waals surface area contributed by atoms with Crippen LogP contribution in [0.25, 0.3) is 0 Å². The average molecular weight is 268 g/mol. The lowest BCUT2D eigenvalue weighted by atomic mass is 10.0. The van der Waals surface area contributed by atoms with Gasteiger partial charge < -0.3 is 10.6 Å². The van der Waals surface area contributed by atoms with Gasteiger partial charge in [0.05, 0.1) is 0 Å². The van der Waals surface area contributed by atoms with Crippen molar-refractivity contribution in [3.8, 4) is 0 Å². The van der Waals surface area contributed by atoms with Crippen molar-refractivity contribution in [3.05, 3.63) is 29.3 Å². The van der Waals surface area contributed by atoms with Crippen LogP contribution in [-0.4, -0.2) is 19.5 Å². The quantitative estimate of drug-likeness (QED) is 0.862. The summed E-state index contributed by atoms with van der Waals surface area (Å²) < 4.78 is 27.1. The third-order valence-electron chi connectivity index (χ3n) is 3.89. The van der Waals surface area contributed by atoms with E-state index in [1.165, 1.54) is 7.05 Å². The van der Waals surface area contributed by atoms with E-state index in [0.717, 1.165) is 31.4 Å². The molecule has 5 heteroatoms. The Hall–Kier alpha value is -1.65. The van der Waals surface area contributed by atoms with Crippen LogP contribution in [0.15, 0.2) is 12.1 Å². The molecule has 2 N–H and O–H groups in total. The zero-order valence-electron chi connectivity index (χ0n) is 11.1. The standard InChI is InChI=1S/C14H18F2N2O/c1-3-14(4-5-14)8-18-13(19)9-6-10(15)12(17-2)11(16)7-9/h6-7,17H,3-5,8H2,1-2H3,(H,18,19). The maximum absolute atomic E-state index is 13.5. The maximum atomic E-state index is 13.5. The molecule has 1 aliphatic carbocycles. The van der Waals surface area contributed by atoms with Crippen LogP contribution in [0.5, 0.6) is 0 Å². The third-order valence-corrected chi connectivity index (χ3v) is 3.89. The summed E-state index contributed by atoms with van der Waals surface area (Å²) in [6.07, 6.45) is 3.21. The third kappa shape index (κ3) is 2.85. The van der Waals surface area contributed by atoms with Crippen molar-refractivity contribution < 1.29 is 13.6 Å². The number of benzene rings is 1. The first-order valence-electron chi connectivity index (χ1n) is 6.46. The summed E-state index contributed by atoms with van der Waals surface area (Å²) in [5, 5.41) is 5.18. The Labute approximate surface area is 111 Å². The van der Waals surface area contributed by atoms with Crippen molar-refractivity contribution in [2.24, 2.45) is 5.41 Å². The Balaban J connectivity index is 2.07. The number of carbonyl (C=O) groups is 1. The summed E-state index contributed by atoms with van der Waals surface area (Å²) in [6.45, 7) is 2.65. The molecule has 1 saturated carbocycles.